The minimum atomic E-state index is -0.279. The van der Waals surface area contributed by atoms with Crippen molar-refractivity contribution in [2.75, 3.05) is 12.4 Å². The molecule has 98 valence electrons. The Bertz CT molecular complexity index is 608. The van der Waals surface area contributed by atoms with Gasteiger partial charge >= 0.3 is 0 Å². The third-order valence-corrected chi connectivity index (χ3v) is 3.23. The lowest BCUT2D eigenvalue weighted by Crippen LogP contribution is -2.19. The van der Waals surface area contributed by atoms with Crippen LogP contribution in [0.2, 0.25) is 0 Å². The molecule has 0 bridgehead atoms. The molecule has 0 saturated carbocycles. The molecule has 6 heteroatoms. The van der Waals surface area contributed by atoms with Crippen molar-refractivity contribution in [1.29, 1.82) is 0 Å². The fourth-order valence-electron chi connectivity index (χ4n) is 1.55. The van der Waals surface area contributed by atoms with E-state index < -0.39 is 0 Å². The van der Waals surface area contributed by atoms with E-state index >= 15 is 0 Å². The number of rotatable bonds is 3. The minimum Gasteiger partial charge on any atom is -0.355 e. The number of nitrogens with zero attached hydrogens (tertiary/aromatic N) is 1. The maximum atomic E-state index is 11.9. The highest BCUT2D eigenvalue weighted by atomic mass is 32.1. The number of benzene rings is 1. The van der Waals surface area contributed by atoms with E-state index in [0.717, 1.165) is 5.56 Å². The van der Waals surface area contributed by atoms with E-state index in [1.54, 1.807) is 36.1 Å². The largest absolute Gasteiger partial charge is 0.355 e. The summed E-state index contributed by atoms with van der Waals surface area (Å²) < 4.78 is 0. The van der Waals surface area contributed by atoms with Gasteiger partial charge in [0, 0.05) is 23.7 Å². The molecule has 1 heterocycles. The summed E-state index contributed by atoms with van der Waals surface area (Å²) in [6, 6.07) is 5.16. The SMILES string of the molecule is CNC(=O)c1ccc(C)c(NC(=O)c2cscn2)c1. The van der Waals surface area contributed by atoms with Crippen LogP contribution in [0.25, 0.3) is 0 Å². The Kier molecular flexibility index (Phi) is 3.91. The van der Waals surface area contributed by atoms with Gasteiger partial charge in [0.25, 0.3) is 11.8 Å². The lowest BCUT2D eigenvalue weighted by molar-refractivity contribution is 0.0961. The number of carbonyl (C=O) groups is 2. The van der Waals surface area contributed by atoms with Crippen molar-refractivity contribution in [3.63, 3.8) is 0 Å². The van der Waals surface area contributed by atoms with Crippen LogP contribution in [0.4, 0.5) is 5.69 Å². The van der Waals surface area contributed by atoms with Gasteiger partial charge < -0.3 is 10.6 Å². The monoisotopic (exact) mass is 275 g/mol. The van der Waals surface area contributed by atoms with Gasteiger partial charge in [-0.05, 0) is 24.6 Å². The molecule has 0 aliphatic heterocycles. The molecule has 0 radical (unpaired) electrons. The first-order valence-corrected chi connectivity index (χ1v) is 6.58. The number of carbonyl (C=O) groups excluding carboxylic acids is 2. The van der Waals surface area contributed by atoms with Crippen molar-refractivity contribution in [1.82, 2.24) is 10.3 Å². The smallest absolute Gasteiger partial charge is 0.275 e. The topological polar surface area (TPSA) is 71.1 Å². The number of anilines is 1. The predicted molar refractivity (Wildman–Crippen MR) is 74.6 cm³/mol. The Labute approximate surface area is 114 Å². The molecular weight excluding hydrogens is 262 g/mol. The molecule has 0 fully saturated rings. The van der Waals surface area contributed by atoms with Crippen LogP contribution in [0.1, 0.15) is 26.4 Å². The van der Waals surface area contributed by atoms with E-state index in [1.807, 2.05) is 6.92 Å². The van der Waals surface area contributed by atoms with Crippen molar-refractivity contribution in [2.24, 2.45) is 0 Å². The molecule has 0 atom stereocenters. The molecule has 1 aromatic heterocycles. The summed E-state index contributed by atoms with van der Waals surface area (Å²) in [5, 5.41) is 6.98. The first-order valence-electron chi connectivity index (χ1n) is 5.64. The lowest BCUT2D eigenvalue weighted by Gasteiger charge is -2.09. The number of amides is 2. The van der Waals surface area contributed by atoms with Gasteiger partial charge in [0.15, 0.2) is 0 Å². The van der Waals surface area contributed by atoms with Crippen LogP contribution in [-0.2, 0) is 0 Å². The van der Waals surface area contributed by atoms with Gasteiger partial charge in [-0.3, -0.25) is 9.59 Å². The molecule has 0 unspecified atom stereocenters. The van der Waals surface area contributed by atoms with Crippen LogP contribution in [-0.4, -0.2) is 23.8 Å². The molecular formula is C13H13N3O2S. The van der Waals surface area contributed by atoms with Crippen LogP contribution in [0.3, 0.4) is 0 Å². The highest BCUT2D eigenvalue weighted by molar-refractivity contribution is 7.07. The zero-order valence-electron chi connectivity index (χ0n) is 10.6. The Morgan fingerprint density at radius 3 is 2.68 bits per heavy atom. The van der Waals surface area contributed by atoms with Gasteiger partial charge in [0.2, 0.25) is 0 Å². The average Bonchev–Trinajstić information content (AvgIpc) is 2.94. The first-order chi connectivity index (χ1) is 9.11. The van der Waals surface area contributed by atoms with Crippen LogP contribution < -0.4 is 10.6 Å². The summed E-state index contributed by atoms with van der Waals surface area (Å²) >= 11 is 1.36. The summed E-state index contributed by atoms with van der Waals surface area (Å²) in [6.07, 6.45) is 0. The van der Waals surface area contributed by atoms with E-state index in [1.165, 1.54) is 11.3 Å². The van der Waals surface area contributed by atoms with Crippen molar-refractivity contribution < 1.29 is 9.59 Å². The third kappa shape index (κ3) is 2.97. The Morgan fingerprint density at radius 2 is 2.05 bits per heavy atom. The minimum absolute atomic E-state index is 0.191. The van der Waals surface area contributed by atoms with Crippen LogP contribution >= 0.6 is 11.3 Å². The number of thiazole rings is 1. The standard InChI is InChI=1S/C13H13N3O2S/c1-8-3-4-9(12(17)14-2)5-10(8)16-13(18)11-6-19-7-15-11/h3-7H,1-2H3,(H,14,17)(H,16,18). The second-order valence-corrected chi connectivity index (χ2v) is 4.66. The van der Waals surface area contributed by atoms with Crippen LogP contribution in [0.15, 0.2) is 29.1 Å². The van der Waals surface area contributed by atoms with Crippen LogP contribution in [0, 0.1) is 6.92 Å². The van der Waals surface area contributed by atoms with E-state index in [2.05, 4.69) is 15.6 Å². The first kappa shape index (κ1) is 13.2. The molecule has 2 rings (SSSR count). The maximum Gasteiger partial charge on any atom is 0.275 e. The molecule has 1 aromatic carbocycles. The highest BCUT2D eigenvalue weighted by Gasteiger charge is 2.11. The van der Waals surface area contributed by atoms with Crippen molar-refractivity contribution in [3.05, 3.63) is 45.9 Å². The van der Waals surface area contributed by atoms with Crippen molar-refractivity contribution in [3.8, 4) is 0 Å². The number of aromatic nitrogens is 1. The zero-order valence-corrected chi connectivity index (χ0v) is 11.4. The van der Waals surface area contributed by atoms with E-state index in [9.17, 15) is 9.59 Å². The highest BCUT2D eigenvalue weighted by Crippen LogP contribution is 2.18. The van der Waals surface area contributed by atoms with Crippen molar-refractivity contribution in [2.45, 2.75) is 6.92 Å². The van der Waals surface area contributed by atoms with Gasteiger partial charge in [-0.2, -0.15) is 0 Å². The summed E-state index contributed by atoms with van der Waals surface area (Å²) in [6.45, 7) is 1.87. The normalized spacial score (nSPS) is 10.0. The fraction of sp³-hybridized carbons (Fsp3) is 0.154. The second-order valence-electron chi connectivity index (χ2n) is 3.94. The van der Waals surface area contributed by atoms with Gasteiger partial charge in [-0.25, -0.2) is 4.98 Å². The van der Waals surface area contributed by atoms with Crippen LogP contribution in [0.5, 0.6) is 0 Å². The number of hydrogen-bond acceptors (Lipinski definition) is 4. The molecule has 2 N–H and O–H groups in total. The summed E-state index contributed by atoms with van der Waals surface area (Å²) in [5.74, 6) is -0.470. The van der Waals surface area contributed by atoms with Crippen molar-refractivity contribution >= 4 is 28.8 Å². The number of nitrogens with one attached hydrogen (secondary N) is 2. The molecule has 0 aliphatic carbocycles. The summed E-state index contributed by atoms with van der Waals surface area (Å²) in [4.78, 5) is 27.4. The van der Waals surface area contributed by atoms with Gasteiger partial charge in [-0.1, -0.05) is 6.07 Å². The quantitative estimate of drug-likeness (QED) is 0.900. The van der Waals surface area contributed by atoms with Gasteiger partial charge in [0.05, 0.1) is 5.51 Å². The molecule has 2 aromatic rings. The van der Waals surface area contributed by atoms with E-state index in [-0.39, 0.29) is 11.8 Å². The predicted octanol–water partition coefficient (Wildman–Crippen LogP) is 2.06. The zero-order chi connectivity index (χ0) is 13.8. The molecule has 0 saturated heterocycles. The van der Waals surface area contributed by atoms with Gasteiger partial charge in [0.1, 0.15) is 5.69 Å². The molecule has 5 nitrogen and oxygen atoms in total. The summed E-state index contributed by atoms with van der Waals surface area (Å²) in [5.41, 5.74) is 3.97. The Morgan fingerprint density at radius 1 is 1.26 bits per heavy atom. The van der Waals surface area contributed by atoms with Gasteiger partial charge in [-0.15, -0.1) is 11.3 Å². The second kappa shape index (κ2) is 5.62. The number of hydrogen-bond donors (Lipinski definition) is 2. The third-order valence-electron chi connectivity index (χ3n) is 2.64. The van der Waals surface area contributed by atoms with E-state index in [0.29, 0.717) is 16.9 Å². The Balaban J connectivity index is 2.24. The Hall–Kier alpha value is -2.21. The lowest BCUT2D eigenvalue weighted by atomic mass is 10.1. The molecule has 0 aliphatic rings. The molecule has 19 heavy (non-hydrogen) atoms. The average molecular weight is 275 g/mol. The number of aryl methyl sites for hydroxylation is 1. The summed E-state index contributed by atoms with van der Waals surface area (Å²) in [7, 11) is 1.57. The maximum absolute atomic E-state index is 11.9. The molecule has 0 spiro atoms. The molecule has 2 amide bonds. The fourth-order valence-corrected chi connectivity index (χ4v) is 2.09. The van der Waals surface area contributed by atoms with E-state index in [4.69, 9.17) is 0 Å².